The molecule has 2 N–H and O–H groups in total. The van der Waals surface area contributed by atoms with Crippen LogP contribution in [-0.4, -0.2) is 77.9 Å². The molecular formula is C29H34F2N6O2. The number of rotatable bonds is 5. The van der Waals surface area contributed by atoms with Crippen LogP contribution in [0, 0.1) is 11.6 Å². The molecule has 10 heteroatoms. The maximum absolute atomic E-state index is 15.0. The SMILES string of the molecule is CN1CCC[C@H]1COc1nc2c(c(N3CC4CCC(C3)N4)n1)CCN(c1cc(O)cc3ccc(F)c(F)c13)C2. The van der Waals surface area contributed by atoms with Gasteiger partial charge in [0.25, 0.3) is 0 Å². The zero-order chi connectivity index (χ0) is 26.7. The number of likely N-dealkylation sites (N-methyl/N-ethyl adjacent to an activating group) is 1. The molecule has 2 unspecified atom stereocenters. The number of likely N-dealkylation sites (tertiary alicyclic amines) is 1. The Balaban J connectivity index is 1.25. The number of fused-ring (bicyclic) bond motifs is 4. The van der Waals surface area contributed by atoms with E-state index in [4.69, 9.17) is 14.7 Å². The van der Waals surface area contributed by atoms with E-state index in [0.29, 0.717) is 61.3 Å². The largest absolute Gasteiger partial charge is 0.508 e. The Morgan fingerprint density at radius 1 is 1.05 bits per heavy atom. The maximum atomic E-state index is 15.0. The average Bonchev–Trinajstić information content (AvgIpc) is 3.51. The highest BCUT2D eigenvalue weighted by Gasteiger charge is 2.36. The van der Waals surface area contributed by atoms with Gasteiger partial charge in [-0.3, -0.25) is 0 Å². The molecule has 4 aliphatic rings. The van der Waals surface area contributed by atoms with Gasteiger partial charge in [-0.1, -0.05) is 6.07 Å². The van der Waals surface area contributed by atoms with Gasteiger partial charge < -0.3 is 29.9 Å². The quantitative estimate of drug-likeness (QED) is 0.513. The van der Waals surface area contributed by atoms with E-state index in [1.807, 2.05) is 4.90 Å². The Labute approximate surface area is 226 Å². The minimum absolute atomic E-state index is 0.0127. The third-order valence-corrected chi connectivity index (χ3v) is 8.93. The molecule has 1 aromatic heterocycles. The Kier molecular flexibility index (Phi) is 6.19. The summed E-state index contributed by atoms with van der Waals surface area (Å²) < 4.78 is 35.5. The van der Waals surface area contributed by atoms with Gasteiger partial charge in [0.2, 0.25) is 0 Å². The van der Waals surface area contributed by atoms with Crippen molar-refractivity contribution in [2.75, 3.05) is 49.6 Å². The smallest absolute Gasteiger partial charge is 0.318 e. The molecule has 5 heterocycles. The van der Waals surface area contributed by atoms with E-state index in [1.54, 1.807) is 0 Å². The number of nitrogens with zero attached hydrogens (tertiary/aromatic N) is 5. The molecule has 39 heavy (non-hydrogen) atoms. The fraction of sp³-hybridized carbons (Fsp3) is 0.517. The van der Waals surface area contributed by atoms with Crippen LogP contribution in [-0.2, 0) is 13.0 Å². The van der Waals surface area contributed by atoms with E-state index in [9.17, 15) is 9.50 Å². The Morgan fingerprint density at radius 3 is 2.64 bits per heavy atom. The summed E-state index contributed by atoms with van der Waals surface area (Å²) in [6, 6.07) is 7.21. The molecule has 3 aromatic rings. The van der Waals surface area contributed by atoms with Gasteiger partial charge in [-0.25, -0.2) is 8.78 Å². The van der Waals surface area contributed by atoms with Crippen molar-refractivity contribution in [3.63, 3.8) is 0 Å². The topological polar surface area (TPSA) is 77.0 Å². The van der Waals surface area contributed by atoms with Gasteiger partial charge in [0.05, 0.1) is 17.9 Å². The number of nitrogens with one attached hydrogen (secondary N) is 1. The number of aromatic nitrogens is 2. The van der Waals surface area contributed by atoms with Gasteiger partial charge in [-0.15, -0.1) is 0 Å². The minimum atomic E-state index is -0.905. The van der Waals surface area contributed by atoms with Gasteiger partial charge in [-0.2, -0.15) is 9.97 Å². The van der Waals surface area contributed by atoms with Crippen LogP contribution in [0.4, 0.5) is 20.3 Å². The Hall–Kier alpha value is -3.24. The fourth-order valence-corrected chi connectivity index (χ4v) is 6.86. The molecule has 206 valence electrons. The first-order valence-corrected chi connectivity index (χ1v) is 14.0. The molecule has 0 saturated carbocycles. The normalized spacial score (nSPS) is 24.9. The summed E-state index contributed by atoms with van der Waals surface area (Å²) in [7, 11) is 2.12. The first kappa shape index (κ1) is 24.8. The third kappa shape index (κ3) is 4.53. The van der Waals surface area contributed by atoms with Crippen LogP contribution in [0.25, 0.3) is 10.8 Å². The van der Waals surface area contributed by atoms with Gasteiger partial charge in [0.1, 0.15) is 18.2 Å². The van der Waals surface area contributed by atoms with Gasteiger partial charge in [0, 0.05) is 54.8 Å². The Bertz CT molecular complexity index is 1410. The van der Waals surface area contributed by atoms with Crippen LogP contribution < -0.4 is 19.9 Å². The molecule has 0 aliphatic carbocycles. The van der Waals surface area contributed by atoms with Crippen molar-refractivity contribution in [3.8, 4) is 11.8 Å². The van der Waals surface area contributed by atoms with Gasteiger partial charge >= 0.3 is 6.01 Å². The lowest BCUT2D eigenvalue weighted by atomic mass is 10.0. The van der Waals surface area contributed by atoms with E-state index >= 15 is 4.39 Å². The second kappa shape index (κ2) is 9.75. The summed E-state index contributed by atoms with van der Waals surface area (Å²) in [4.78, 5) is 16.5. The molecule has 2 bridgehead atoms. The lowest BCUT2D eigenvalue weighted by Crippen LogP contribution is -2.52. The van der Waals surface area contributed by atoms with Crippen molar-refractivity contribution >= 4 is 22.3 Å². The van der Waals surface area contributed by atoms with E-state index in [2.05, 4.69) is 22.2 Å². The number of hydrogen-bond donors (Lipinski definition) is 2. The lowest BCUT2D eigenvalue weighted by molar-refractivity contribution is 0.187. The third-order valence-electron chi connectivity index (χ3n) is 8.93. The number of phenols is 1. The van der Waals surface area contributed by atoms with E-state index < -0.39 is 11.6 Å². The van der Waals surface area contributed by atoms with E-state index in [0.717, 1.165) is 55.6 Å². The highest BCUT2D eigenvalue weighted by atomic mass is 19.2. The molecule has 3 atom stereocenters. The maximum Gasteiger partial charge on any atom is 0.318 e. The van der Waals surface area contributed by atoms with Crippen LogP contribution in [0.15, 0.2) is 24.3 Å². The number of hydrogen-bond acceptors (Lipinski definition) is 8. The summed E-state index contributed by atoms with van der Waals surface area (Å²) in [5.74, 6) is -0.862. The number of anilines is 2. The summed E-state index contributed by atoms with van der Waals surface area (Å²) in [5, 5.41) is 14.7. The van der Waals surface area contributed by atoms with Crippen molar-refractivity contribution in [2.45, 2.75) is 56.8 Å². The predicted octanol–water partition coefficient (Wildman–Crippen LogP) is 3.59. The van der Waals surface area contributed by atoms with Crippen LogP contribution in [0.3, 0.4) is 0 Å². The van der Waals surface area contributed by atoms with E-state index in [-0.39, 0.29) is 11.1 Å². The number of phenolic OH excluding ortho intramolecular Hbond substituents is 1. The minimum Gasteiger partial charge on any atom is -0.508 e. The highest BCUT2D eigenvalue weighted by molar-refractivity contribution is 5.96. The molecule has 0 radical (unpaired) electrons. The van der Waals surface area contributed by atoms with Crippen LogP contribution in [0.2, 0.25) is 0 Å². The Morgan fingerprint density at radius 2 is 1.87 bits per heavy atom. The number of benzene rings is 2. The van der Waals surface area contributed by atoms with Crippen LogP contribution in [0.1, 0.15) is 36.9 Å². The molecular weight excluding hydrogens is 502 g/mol. The monoisotopic (exact) mass is 536 g/mol. The molecule has 0 amide bonds. The summed E-state index contributed by atoms with van der Waals surface area (Å²) >= 11 is 0. The second-order valence-electron chi connectivity index (χ2n) is 11.5. The predicted molar refractivity (Wildman–Crippen MR) is 146 cm³/mol. The first-order chi connectivity index (χ1) is 18.9. The van der Waals surface area contributed by atoms with Gasteiger partial charge in [-0.05, 0) is 63.2 Å². The molecule has 3 fully saturated rings. The summed E-state index contributed by atoms with van der Waals surface area (Å²) in [5.41, 5.74) is 2.39. The zero-order valence-electron chi connectivity index (χ0n) is 22.2. The van der Waals surface area contributed by atoms with E-state index in [1.165, 1.54) is 31.0 Å². The van der Waals surface area contributed by atoms with Crippen molar-refractivity contribution in [1.29, 1.82) is 0 Å². The zero-order valence-corrected chi connectivity index (χ0v) is 22.2. The molecule has 4 aliphatic heterocycles. The van der Waals surface area contributed by atoms with Crippen molar-refractivity contribution in [1.82, 2.24) is 20.2 Å². The lowest BCUT2D eigenvalue weighted by Gasteiger charge is -2.37. The molecule has 3 saturated heterocycles. The fourth-order valence-electron chi connectivity index (χ4n) is 6.86. The van der Waals surface area contributed by atoms with Gasteiger partial charge in [0.15, 0.2) is 11.6 Å². The summed E-state index contributed by atoms with van der Waals surface area (Å²) in [6.45, 7) is 4.36. The van der Waals surface area contributed by atoms with Crippen molar-refractivity contribution < 1.29 is 18.6 Å². The van der Waals surface area contributed by atoms with Crippen molar-refractivity contribution in [3.05, 3.63) is 47.2 Å². The highest BCUT2D eigenvalue weighted by Crippen LogP contribution is 2.38. The summed E-state index contributed by atoms with van der Waals surface area (Å²) in [6.07, 6.45) is 5.26. The molecule has 7 rings (SSSR count). The molecule has 0 spiro atoms. The van der Waals surface area contributed by atoms with Crippen LogP contribution >= 0.6 is 0 Å². The first-order valence-electron chi connectivity index (χ1n) is 14.0. The number of aromatic hydroxyl groups is 1. The number of ether oxygens (including phenoxy) is 1. The average molecular weight is 537 g/mol. The van der Waals surface area contributed by atoms with Crippen molar-refractivity contribution in [2.24, 2.45) is 0 Å². The van der Waals surface area contributed by atoms with Crippen LogP contribution in [0.5, 0.6) is 11.8 Å². The molecule has 8 nitrogen and oxygen atoms in total. The number of piperazine rings is 1. The molecule has 2 aromatic carbocycles. The number of halogens is 2. The standard InChI is InChI=1S/C29H34F2N6O2/c1-35-9-2-3-20(35)16-39-29-33-24-15-36(25-12-21(38)11-17-4-7-23(30)27(31)26(17)25)10-8-22(24)28(34-29)37-13-18-5-6-19(14-37)32-18/h4,7,11-12,18-20,32,38H,2-3,5-6,8-10,13-16H2,1H3/t18?,19?,20-/m0/s1. The second-order valence-corrected chi connectivity index (χ2v) is 11.5.